The first-order valence-electron chi connectivity index (χ1n) is 27.1. The molecule has 3 amide bonds. The number of carboxylic acid groups (broad SMARTS) is 1. The normalized spacial score (nSPS) is 17.9. The van der Waals surface area contributed by atoms with Crippen LogP contribution in [-0.4, -0.2) is 130 Å². The van der Waals surface area contributed by atoms with Crippen LogP contribution in [0, 0.1) is 0 Å². The van der Waals surface area contributed by atoms with Gasteiger partial charge in [-0.05, 0) is 98.9 Å². The molecule has 77 heavy (non-hydrogen) atoms. The van der Waals surface area contributed by atoms with Crippen LogP contribution in [0.5, 0.6) is 0 Å². The van der Waals surface area contributed by atoms with Crippen LogP contribution in [0.1, 0.15) is 110 Å². The molecule has 2 atom stereocenters. The Hall–Kier alpha value is -7.32. The number of hydrogen-bond acceptors (Lipinski definition) is 9. The molecule has 10 rings (SSSR count). The highest BCUT2D eigenvalue weighted by Gasteiger charge is 2.42. The second-order valence-corrected chi connectivity index (χ2v) is 22.0. The minimum Gasteiger partial charge on any atom is -0.479 e. The third-order valence-corrected chi connectivity index (χ3v) is 14.3. The minimum atomic E-state index is -1.04. The van der Waals surface area contributed by atoms with Crippen LogP contribution in [0.2, 0.25) is 0 Å². The quantitative estimate of drug-likeness (QED) is 0.152. The summed E-state index contributed by atoms with van der Waals surface area (Å²) >= 11 is 0. The average molecular weight is 1040 g/mol. The van der Waals surface area contributed by atoms with Crippen molar-refractivity contribution >= 4 is 24.1 Å². The average Bonchev–Trinajstić information content (AvgIpc) is 3.44. The molecule has 4 aliphatic rings. The lowest BCUT2D eigenvalue weighted by Gasteiger charge is -2.43. The van der Waals surface area contributed by atoms with Crippen LogP contribution in [0.3, 0.4) is 0 Å². The van der Waals surface area contributed by atoms with Crippen molar-refractivity contribution in [3.8, 4) is 0 Å². The highest BCUT2D eigenvalue weighted by atomic mass is 16.6. The van der Waals surface area contributed by atoms with Crippen LogP contribution in [-0.2, 0) is 31.9 Å². The van der Waals surface area contributed by atoms with Gasteiger partial charge < -0.3 is 24.8 Å². The maximum Gasteiger partial charge on any atom is 0.411 e. The first kappa shape index (κ1) is 55.9. The molecular weight excluding hydrogens is 965 g/mol. The van der Waals surface area contributed by atoms with Gasteiger partial charge in [0.05, 0.1) is 12.1 Å². The van der Waals surface area contributed by atoms with Gasteiger partial charge in [0.15, 0.2) is 6.04 Å². The lowest BCUT2D eigenvalue weighted by molar-refractivity contribution is -0.144. The topological polar surface area (TPSA) is 135 Å². The van der Waals surface area contributed by atoms with E-state index in [0.29, 0.717) is 50.6 Å². The Morgan fingerprint density at radius 3 is 1.17 bits per heavy atom. The summed E-state index contributed by atoms with van der Waals surface area (Å²) in [6.45, 7) is 18.8. The number of rotatable bonds is 8. The molecule has 2 saturated heterocycles. The highest BCUT2D eigenvalue weighted by molar-refractivity contribution is 5.88. The number of hydrogen-bond donors (Lipinski definition) is 2. The Morgan fingerprint density at radius 1 is 0.455 bits per heavy atom. The lowest BCUT2D eigenvalue weighted by atomic mass is 9.91. The van der Waals surface area contributed by atoms with E-state index in [2.05, 4.69) is 130 Å². The standard InChI is InChI=1S/C32H37N3O3.C17H20N2.C15H19NO4/c1-32(2,3)38-31(37)35-19-18-24-12-10-11-17-27(24)29(35)30(36)34-22-20-33(21-23-34)28(25-13-6-4-7-14-25)26-15-8-5-9-16-26;1-3-7-15(8-4-1)17(16-9-5-2-6-10-16)19-13-11-18-12-14-19;1-15(2,3)20-14(19)16-9-8-10-6-4-5-7-11(10)12(16)13(17)18/h4-17,28-29H,18-23H2,1-3H3;1-10,17-18H,11-14H2;4-7,12H,8-9H2,1-3H3,(H,17,18). The fourth-order valence-corrected chi connectivity index (χ4v) is 10.8. The van der Waals surface area contributed by atoms with Crippen LogP contribution in [0.4, 0.5) is 9.59 Å². The van der Waals surface area contributed by atoms with E-state index < -0.39 is 41.4 Å². The highest BCUT2D eigenvalue weighted by Crippen LogP contribution is 2.36. The van der Waals surface area contributed by atoms with Gasteiger partial charge in [-0.25, -0.2) is 14.4 Å². The summed E-state index contributed by atoms with van der Waals surface area (Å²) in [5.74, 6) is -1.07. The molecule has 13 heteroatoms. The molecule has 0 spiro atoms. The molecule has 0 aromatic heterocycles. The van der Waals surface area contributed by atoms with Gasteiger partial charge in [0.1, 0.15) is 17.2 Å². The maximum absolute atomic E-state index is 14.1. The molecule has 4 heterocycles. The van der Waals surface area contributed by atoms with Gasteiger partial charge in [-0.1, -0.05) is 170 Å². The SMILES string of the molecule is CC(C)(C)OC(=O)N1CCc2ccccc2C1C(=O)N1CCN(C(c2ccccc2)c2ccccc2)CC1.CC(C)(C)OC(=O)N1CCc2ccccc2C1C(=O)O.c1ccc(C(c2ccccc2)N2CCNCC2)cc1. The molecule has 0 saturated carbocycles. The van der Waals surface area contributed by atoms with Gasteiger partial charge in [-0.2, -0.15) is 0 Å². The number of nitrogens with zero attached hydrogens (tertiary/aromatic N) is 5. The number of ether oxygens (including phenoxy) is 2. The first-order chi connectivity index (χ1) is 37.1. The zero-order valence-corrected chi connectivity index (χ0v) is 45.6. The van der Waals surface area contributed by atoms with E-state index in [4.69, 9.17) is 9.47 Å². The van der Waals surface area contributed by atoms with Crippen molar-refractivity contribution in [1.29, 1.82) is 0 Å². The number of carbonyl (C=O) groups is 4. The number of fused-ring (bicyclic) bond motifs is 2. The molecular formula is C64H76N6O7. The molecule has 0 radical (unpaired) electrons. The number of nitrogens with one attached hydrogen (secondary N) is 1. The summed E-state index contributed by atoms with van der Waals surface area (Å²) < 4.78 is 11.0. The number of carbonyl (C=O) groups excluding carboxylic acids is 3. The van der Waals surface area contributed by atoms with Gasteiger partial charge in [-0.3, -0.25) is 24.4 Å². The molecule has 6 aromatic rings. The number of benzene rings is 6. The van der Waals surface area contributed by atoms with Gasteiger partial charge in [0, 0.05) is 65.4 Å². The second-order valence-electron chi connectivity index (χ2n) is 22.0. The van der Waals surface area contributed by atoms with Crippen LogP contribution in [0.15, 0.2) is 170 Å². The predicted molar refractivity (Wildman–Crippen MR) is 301 cm³/mol. The molecule has 0 aliphatic carbocycles. The van der Waals surface area contributed by atoms with E-state index in [1.54, 1.807) is 37.8 Å². The Bertz CT molecular complexity index is 2780. The Kier molecular flexibility index (Phi) is 18.6. The zero-order valence-electron chi connectivity index (χ0n) is 45.6. The summed E-state index contributed by atoms with van der Waals surface area (Å²) in [6.07, 6.45) is 0.332. The smallest absolute Gasteiger partial charge is 0.411 e. The summed E-state index contributed by atoms with van der Waals surface area (Å²) in [7, 11) is 0. The molecule has 13 nitrogen and oxygen atoms in total. The van der Waals surface area contributed by atoms with Crippen LogP contribution in [0.25, 0.3) is 0 Å². The Balaban J connectivity index is 0.000000169. The molecule has 0 bridgehead atoms. The van der Waals surface area contributed by atoms with Crippen molar-refractivity contribution in [2.45, 2.75) is 89.8 Å². The lowest BCUT2D eigenvalue weighted by Crippen LogP contribution is -2.55. The molecule has 2 unspecified atom stereocenters. The van der Waals surface area contributed by atoms with E-state index in [-0.39, 0.29) is 11.9 Å². The predicted octanol–water partition coefficient (Wildman–Crippen LogP) is 10.7. The third kappa shape index (κ3) is 14.6. The van der Waals surface area contributed by atoms with E-state index in [1.165, 1.54) is 27.2 Å². The van der Waals surface area contributed by atoms with E-state index in [0.717, 1.165) is 56.0 Å². The first-order valence-corrected chi connectivity index (χ1v) is 27.1. The summed E-state index contributed by atoms with van der Waals surface area (Å²) in [6, 6.07) is 56.9. The molecule has 2 N–H and O–H groups in total. The van der Waals surface area contributed by atoms with E-state index >= 15 is 0 Å². The zero-order chi connectivity index (χ0) is 54.5. The van der Waals surface area contributed by atoms with Crippen LogP contribution < -0.4 is 5.32 Å². The third-order valence-electron chi connectivity index (χ3n) is 14.3. The molecule has 2 fully saturated rings. The van der Waals surface area contributed by atoms with Crippen molar-refractivity contribution in [3.63, 3.8) is 0 Å². The Morgan fingerprint density at radius 2 is 0.792 bits per heavy atom. The fourth-order valence-electron chi connectivity index (χ4n) is 10.8. The van der Waals surface area contributed by atoms with Crippen molar-refractivity contribution < 1.29 is 33.8 Å². The number of piperazine rings is 2. The summed E-state index contributed by atoms with van der Waals surface area (Å²) in [5.41, 5.74) is 7.66. The number of aliphatic carboxylic acids is 1. The van der Waals surface area contributed by atoms with Crippen LogP contribution >= 0.6 is 0 Å². The summed E-state index contributed by atoms with van der Waals surface area (Å²) in [5, 5.41) is 12.9. The van der Waals surface area contributed by atoms with E-state index in [9.17, 15) is 24.3 Å². The molecule has 404 valence electrons. The van der Waals surface area contributed by atoms with Crippen molar-refractivity contribution in [1.82, 2.24) is 29.8 Å². The molecule has 6 aromatic carbocycles. The van der Waals surface area contributed by atoms with Gasteiger partial charge in [-0.15, -0.1) is 0 Å². The molecule has 4 aliphatic heterocycles. The van der Waals surface area contributed by atoms with Crippen molar-refractivity contribution in [3.05, 3.63) is 214 Å². The number of amides is 3. The minimum absolute atomic E-state index is 0.0290. The van der Waals surface area contributed by atoms with Gasteiger partial charge in [0.25, 0.3) is 0 Å². The largest absolute Gasteiger partial charge is 0.479 e. The van der Waals surface area contributed by atoms with Gasteiger partial charge in [0.2, 0.25) is 5.91 Å². The fraction of sp³-hybridized carbons (Fsp3) is 0.375. The maximum atomic E-state index is 14.1. The summed E-state index contributed by atoms with van der Waals surface area (Å²) in [4.78, 5) is 60.9. The Labute approximate surface area is 455 Å². The van der Waals surface area contributed by atoms with Crippen molar-refractivity contribution in [2.75, 3.05) is 65.4 Å². The van der Waals surface area contributed by atoms with Gasteiger partial charge >= 0.3 is 18.2 Å². The second kappa shape index (κ2) is 25.7. The van der Waals surface area contributed by atoms with Crippen molar-refractivity contribution in [2.24, 2.45) is 0 Å². The van der Waals surface area contributed by atoms with E-state index in [1.807, 2.05) is 68.1 Å². The monoisotopic (exact) mass is 1040 g/mol. The number of carboxylic acids is 1.